The molecule has 0 saturated carbocycles. The molecule has 0 aliphatic rings. The Kier molecular flexibility index (Phi) is 6.25. The van der Waals surface area contributed by atoms with E-state index in [1.54, 1.807) is 24.3 Å². The molecule has 0 aromatic heterocycles. The van der Waals surface area contributed by atoms with Gasteiger partial charge in [0.15, 0.2) is 0 Å². The van der Waals surface area contributed by atoms with E-state index in [0.29, 0.717) is 11.1 Å². The van der Waals surface area contributed by atoms with Crippen molar-refractivity contribution in [3.05, 3.63) is 35.4 Å². The lowest BCUT2D eigenvalue weighted by atomic mass is 10.1. The van der Waals surface area contributed by atoms with Crippen molar-refractivity contribution in [2.45, 2.75) is 12.2 Å². The number of thiocarbonyl (C=S) groups is 1. The summed E-state index contributed by atoms with van der Waals surface area (Å²) < 4.78 is 30.0. The Morgan fingerprint density at radius 3 is 2.67 bits per heavy atom. The molecule has 0 heterocycles. The maximum absolute atomic E-state index is 12.2. The van der Waals surface area contributed by atoms with E-state index in [1.807, 2.05) is 0 Å². The van der Waals surface area contributed by atoms with Crippen LogP contribution in [0.25, 0.3) is 0 Å². The molecule has 1 rings (SSSR count). The molecule has 0 atom stereocenters. The van der Waals surface area contributed by atoms with Gasteiger partial charge >= 0.3 is 5.97 Å². The van der Waals surface area contributed by atoms with E-state index in [9.17, 15) is 13.2 Å². The molecular weight excluding hydrogens is 312 g/mol. The highest BCUT2D eigenvalue weighted by Gasteiger charge is 2.19. The predicted molar refractivity (Wildman–Crippen MR) is 84.2 cm³/mol. The number of methoxy groups -OCH3 is 1. The Bertz CT molecular complexity index is 629. The highest BCUT2D eigenvalue weighted by Crippen LogP contribution is 2.12. The molecule has 2 N–H and O–H groups in total. The van der Waals surface area contributed by atoms with Gasteiger partial charge in [-0.3, -0.25) is 4.79 Å². The average molecular weight is 330 g/mol. The summed E-state index contributed by atoms with van der Waals surface area (Å²) in [6.07, 6.45) is 0.0131. The van der Waals surface area contributed by atoms with Crippen molar-refractivity contribution < 1.29 is 17.9 Å². The van der Waals surface area contributed by atoms with Crippen LogP contribution in [-0.2, 0) is 25.3 Å². The van der Waals surface area contributed by atoms with E-state index in [4.69, 9.17) is 18.0 Å². The van der Waals surface area contributed by atoms with Gasteiger partial charge in [-0.25, -0.2) is 12.7 Å². The van der Waals surface area contributed by atoms with Crippen LogP contribution in [0.3, 0.4) is 0 Å². The molecule has 8 heteroatoms. The second-order valence-electron chi connectivity index (χ2n) is 4.47. The number of sulfonamides is 1. The number of benzene rings is 1. The molecule has 0 aliphatic carbocycles. The van der Waals surface area contributed by atoms with Gasteiger partial charge in [0.2, 0.25) is 10.0 Å². The molecule has 0 amide bonds. The number of hydrogen-bond acceptors (Lipinski definition) is 5. The van der Waals surface area contributed by atoms with Crippen molar-refractivity contribution in [3.63, 3.8) is 0 Å². The van der Waals surface area contributed by atoms with E-state index in [1.165, 1.54) is 14.2 Å². The normalized spacial score (nSPS) is 11.4. The van der Waals surface area contributed by atoms with Crippen molar-refractivity contribution in [2.75, 3.05) is 20.7 Å². The van der Waals surface area contributed by atoms with Crippen molar-refractivity contribution in [2.24, 2.45) is 5.73 Å². The summed E-state index contributed by atoms with van der Waals surface area (Å²) in [6, 6.07) is 6.76. The summed E-state index contributed by atoms with van der Waals surface area (Å²) in [6.45, 7) is 0.0734. The van der Waals surface area contributed by atoms with Gasteiger partial charge in [-0.1, -0.05) is 30.4 Å². The number of rotatable bonds is 7. The lowest BCUT2D eigenvalue weighted by Crippen LogP contribution is -2.30. The van der Waals surface area contributed by atoms with Crippen LogP contribution in [0.15, 0.2) is 24.3 Å². The number of carbonyl (C=O) groups excluding carboxylic acids is 1. The first kappa shape index (κ1) is 17.5. The monoisotopic (exact) mass is 330 g/mol. The van der Waals surface area contributed by atoms with Crippen LogP contribution >= 0.6 is 12.2 Å². The third kappa shape index (κ3) is 5.41. The van der Waals surface area contributed by atoms with E-state index in [2.05, 4.69) is 4.74 Å². The maximum atomic E-state index is 12.2. The van der Waals surface area contributed by atoms with Gasteiger partial charge in [0.05, 0.1) is 19.3 Å². The second-order valence-corrected chi connectivity index (χ2v) is 6.98. The van der Waals surface area contributed by atoms with Crippen LogP contribution in [0.4, 0.5) is 0 Å². The number of carbonyl (C=O) groups is 1. The zero-order valence-corrected chi connectivity index (χ0v) is 13.5. The Morgan fingerprint density at radius 2 is 2.10 bits per heavy atom. The standard InChI is InChI=1S/C13H18N2O4S2/c1-15(7-6-12(16)19-2)21(17,18)9-10-4-3-5-11(8-10)13(14)20/h3-5,8H,6-7,9H2,1-2H3,(H2,14,20). The fourth-order valence-corrected chi connectivity index (χ4v) is 2.94. The van der Waals surface area contributed by atoms with Gasteiger partial charge in [-0.2, -0.15) is 0 Å². The number of esters is 1. The van der Waals surface area contributed by atoms with Crippen LogP contribution in [0.2, 0.25) is 0 Å². The van der Waals surface area contributed by atoms with Gasteiger partial charge in [0.25, 0.3) is 0 Å². The van der Waals surface area contributed by atoms with Gasteiger partial charge in [-0.05, 0) is 11.6 Å². The van der Waals surface area contributed by atoms with Crippen molar-refractivity contribution in [1.29, 1.82) is 0 Å². The Hall–Kier alpha value is -1.51. The molecule has 0 unspecified atom stereocenters. The highest BCUT2D eigenvalue weighted by molar-refractivity contribution is 7.88. The zero-order chi connectivity index (χ0) is 16.0. The van der Waals surface area contributed by atoms with Crippen molar-refractivity contribution >= 4 is 33.2 Å². The zero-order valence-electron chi connectivity index (χ0n) is 11.9. The minimum absolute atomic E-state index is 0.0131. The van der Waals surface area contributed by atoms with Crippen molar-refractivity contribution in [1.82, 2.24) is 4.31 Å². The molecule has 21 heavy (non-hydrogen) atoms. The van der Waals surface area contributed by atoms with E-state index in [-0.39, 0.29) is 23.7 Å². The summed E-state index contributed by atoms with van der Waals surface area (Å²) in [4.78, 5) is 11.3. The largest absolute Gasteiger partial charge is 0.469 e. The molecule has 0 radical (unpaired) electrons. The molecule has 0 spiro atoms. The van der Waals surface area contributed by atoms with Crippen LogP contribution in [-0.4, -0.2) is 44.4 Å². The average Bonchev–Trinajstić information content (AvgIpc) is 2.43. The Labute approximate surface area is 129 Å². The third-order valence-electron chi connectivity index (χ3n) is 2.89. The topological polar surface area (TPSA) is 89.7 Å². The van der Waals surface area contributed by atoms with Crippen LogP contribution in [0.5, 0.6) is 0 Å². The molecule has 1 aromatic rings. The molecule has 0 aliphatic heterocycles. The summed E-state index contributed by atoms with van der Waals surface area (Å²) in [5, 5.41) is 0. The first-order valence-corrected chi connectivity index (χ1v) is 8.17. The summed E-state index contributed by atoms with van der Waals surface area (Å²) in [5.74, 6) is -0.631. The molecule has 0 saturated heterocycles. The quantitative estimate of drug-likeness (QED) is 0.583. The number of nitrogens with two attached hydrogens (primary N) is 1. The van der Waals surface area contributed by atoms with Gasteiger partial charge in [0.1, 0.15) is 4.99 Å². The van der Waals surface area contributed by atoms with Crippen LogP contribution in [0, 0.1) is 0 Å². The molecular formula is C13H18N2O4S2. The minimum Gasteiger partial charge on any atom is -0.469 e. The Balaban J connectivity index is 2.77. The van der Waals surface area contributed by atoms with E-state index in [0.717, 1.165) is 4.31 Å². The number of ether oxygens (including phenoxy) is 1. The smallest absolute Gasteiger partial charge is 0.306 e. The summed E-state index contributed by atoms with van der Waals surface area (Å²) in [5.41, 5.74) is 6.73. The minimum atomic E-state index is -3.52. The molecule has 1 aromatic carbocycles. The fourth-order valence-electron chi connectivity index (χ4n) is 1.63. The third-order valence-corrected chi connectivity index (χ3v) is 4.96. The summed E-state index contributed by atoms with van der Waals surface area (Å²) >= 11 is 4.86. The SMILES string of the molecule is COC(=O)CCN(C)S(=O)(=O)Cc1cccc(C(N)=S)c1. The first-order chi connectivity index (χ1) is 9.76. The predicted octanol–water partition coefficient (Wildman–Crippen LogP) is 0.645. The van der Waals surface area contributed by atoms with E-state index >= 15 is 0 Å². The van der Waals surface area contributed by atoms with Gasteiger partial charge in [-0.15, -0.1) is 0 Å². The number of nitrogens with zero attached hydrogens (tertiary/aromatic N) is 1. The molecule has 6 nitrogen and oxygen atoms in total. The lowest BCUT2D eigenvalue weighted by molar-refractivity contribution is -0.140. The van der Waals surface area contributed by atoms with Crippen LogP contribution in [0.1, 0.15) is 17.5 Å². The maximum Gasteiger partial charge on any atom is 0.306 e. The highest BCUT2D eigenvalue weighted by atomic mass is 32.2. The lowest BCUT2D eigenvalue weighted by Gasteiger charge is -2.16. The molecule has 116 valence electrons. The molecule has 0 fully saturated rings. The molecule has 0 bridgehead atoms. The van der Waals surface area contributed by atoms with Gasteiger partial charge < -0.3 is 10.5 Å². The Morgan fingerprint density at radius 1 is 1.43 bits per heavy atom. The number of hydrogen-bond donors (Lipinski definition) is 1. The van der Waals surface area contributed by atoms with Gasteiger partial charge in [0, 0.05) is 19.2 Å². The first-order valence-electron chi connectivity index (χ1n) is 6.16. The summed E-state index contributed by atoms with van der Waals surface area (Å²) in [7, 11) is -0.830. The van der Waals surface area contributed by atoms with Crippen molar-refractivity contribution in [3.8, 4) is 0 Å². The fraction of sp³-hybridized carbons (Fsp3) is 0.385. The second kappa shape index (κ2) is 7.48. The van der Waals surface area contributed by atoms with E-state index < -0.39 is 16.0 Å². The van der Waals surface area contributed by atoms with Crippen LogP contribution < -0.4 is 5.73 Å².